The van der Waals surface area contributed by atoms with Crippen molar-refractivity contribution in [1.82, 2.24) is 10.2 Å². The van der Waals surface area contributed by atoms with Crippen LogP contribution in [-0.2, 0) is 17.3 Å². The first-order chi connectivity index (χ1) is 15.6. The number of piperidine rings is 3. The number of amides is 1. The highest BCUT2D eigenvalue weighted by Gasteiger charge is 2.42. The number of hydrogen-bond donors (Lipinski definition) is 1. The molecule has 3 saturated heterocycles. The molecular weight excluding hydrogens is 429 g/mol. The summed E-state index contributed by atoms with van der Waals surface area (Å²) in [6.07, 6.45) is -1.85. The van der Waals surface area contributed by atoms with Crippen molar-refractivity contribution in [2.75, 3.05) is 19.6 Å². The molecule has 1 aliphatic carbocycles. The lowest BCUT2D eigenvalue weighted by Crippen LogP contribution is -2.53. The molecule has 2 aromatic rings. The lowest BCUT2D eigenvalue weighted by Gasteiger charge is -2.44. The van der Waals surface area contributed by atoms with Gasteiger partial charge in [-0.15, -0.1) is 0 Å². The van der Waals surface area contributed by atoms with Crippen molar-refractivity contribution in [1.29, 1.82) is 0 Å². The first-order valence-electron chi connectivity index (χ1n) is 11.6. The topological polar surface area (TPSA) is 41.6 Å². The number of nitrogens with zero attached hydrogens (tertiary/aromatic N) is 1. The minimum absolute atomic E-state index is 0.0602. The number of alkyl halides is 3. The largest absolute Gasteiger partial charge is 0.445 e. The van der Waals surface area contributed by atoms with Crippen LogP contribution in [0.2, 0.25) is 0 Å². The molecule has 3 fully saturated rings. The van der Waals surface area contributed by atoms with Crippen LogP contribution in [0.5, 0.6) is 0 Å². The van der Waals surface area contributed by atoms with Gasteiger partial charge in [0.15, 0.2) is 0 Å². The predicted octanol–water partition coefficient (Wildman–Crippen LogP) is 5.82. The summed E-state index contributed by atoms with van der Waals surface area (Å²) in [6, 6.07) is 10.9. The van der Waals surface area contributed by atoms with Crippen LogP contribution in [0.3, 0.4) is 0 Å². The Morgan fingerprint density at radius 3 is 2.33 bits per heavy atom. The highest BCUT2D eigenvalue weighted by atomic mass is 19.4. The molecule has 176 valence electrons. The Kier molecular flexibility index (Phi) is 5.43. The zero-order valence-electron chi connectivity index (χ0n) is 18.9. The average molecular weight is 459 g/mol. The van der Waals surface area contributed by atoms with Gasteiger partial charge in [-0.2, -0.15) is 13.2 Å². The number of nitrogens with one attached hydrogen (secondary N) is 1. The molecule has 1 unspecified atom stereocenters. The van der Waals surface area contributed by atoms with Gasteiger partial charge >= 0.3 is 12.3 Å². The van der Waals surface area contributed by atoms with E-state index in [2.05, 4.69) is 24.1 Å². The van der Waals surface area contributed by atoms with Gasteiger partial charge in [0, 0.05) is 6.54 Å². The van der Waals surface area contributed by atoms with E-state index in [1.54, 1.807) is 0 Å². The number of rotatable bonds is 3. The Bertz CT molecular complexity index is 1040. The molecule has 3 heterocycles. The molecule has 2 aromatic carbocycles. The smallest absolute Gasteiger partial charge is 0.416 e. The molecular formula is C26H29F3N2O2. The van der Waals surface area contributed by atoms with Gasteiger partial charge in [0.05, 0.1) is 11.6 Å². The van der Waals surface area contributed by atoms with Gasteiger partial charge in [-0.05, 0) is 84.1 Å². The number of carbonyl (C=O) groups excluding carboxylic acids is 1. The molecule has 2 bridgehead atoms. The van der Waals surface area contributed by atoms with Crippen LogP contribution in [0, 0.1) is 11.3 Å². The number of carbonyl (C=O) groups is 1. The Morgan fingerprint density at radius 2 is 1.73 bits per heavy atom. The fourth-order valence-electron chi connectivity index (χ4n) is 5.68. The Morgan fingerprint density at radius 1 is 1.06 bits per heavy atom. The molecule has 3 aliphatic heterocycles. The third-order valence-corrected chi connectivity index (χ3v) is 7.55. The molecule has 2 atom stereocenters. The molecule has 0 saturated carbocycles. The Hall–Kier alpha value is -2.54. The zero-order chi connectivity index (χ0) is 23.4. The van der Waals surface area contributed by atoms with E-state index in [0.717, 1.165) is 67.7 Å². The van der Waals surface area contributed by atoms with Gasteiger partial charge in [-0.25, -0.2) is 4.79 Å². The van der Waals surface area contributed by atoms with E-state index in [4.69, 9.17) is 4.74 Å². The van der Waals surface area contributed by atoms with Gasteiger partial charge in [-0.3, -0.25) is 4.90 Å². The molecule has 6 rings (SSSR count). The summed E-state index contributed by atoms with van der Waals surface area (Å²) in [5.74, 6) is 0.441. The van der Waals surface area contributed by atoms with E-state index in [-0.39, 0.29) is 23.7 Å². The second-order valence-corrected chi connectivity index (χ2v) is 10.3. The summed E-state index contributed by atoms with van der Waals surface area (Å²) in [5, 5.41) is 3.11. The van der Waals surface area contributed by atoms with E-state index in [9.17, 15) is 18.0 Å². The third-order valence-electron chi connectivity index (χ3n) is 7.55. The quantitative estimate of drug-likeness (QED) is 0.631. The minimum atomic E-state index is -4.36. The molecule has 4 aliphatic rings. The molecule has 7 heteroatoms. The van der Waals surface area contributed by atoms with Gasteiger partial charge in [0.1, 0.15) is 6.10 Å². The van der Waals surface area contributed by atoms with Crippen LogP contribution in [-0.4, -0.2) is 36.7 Å². The van der Waals surface area contributed by atoms with Crippen LogP contribution >= 0.6 is 0 Å². The zero-order valence-corrected chi connectivity index (χ0v) is 18.9. The maximum Gasteiger partial charge on any atom is 0.416 e. The van der Waals surface area contributed by atoms with Crippen molar-refractivity contribution < 1.29 is 22.7 Å². The van der Waals surface area contributed by atoms with Crippen LogP contribution in [0.25, 0.3) is 11.1 Å². The van der Waals surface area contributed by atoms with Crippen LogP contribution in [0.4, 0.5) is 18.0 Å². The van der Waals surface area contributed by atoms with E-state index in [0.29, 0.717) is 11.5 Å². The van der Waals surface area contributed by atoms with E-state index < -0.39 is 11.7 Å². The van der Waals surface area contributed by atoms with Crippen molar-refractivity contribution in [3.05, 3.63) is 59.2 Å². The number of halogens is 3. The number of fused-ring (bicyclic) bond motifs is 4. The van der Waals surface area contributed by atoms with Crippen molar-refractivity contribution in [3.8, 4) is 11.1 Å². The molecule has 1 amide bonds. The number of hydrogen-bond acceptors (Lipinski definition) is 3. The van der Waals surface area contributed by atoms with Gasteiger partial charge in [-0.1, -0.05) is 38.1 Å². The van der Waals surface area contributed by atoms with Crippen LogP contribution < -0.4 is 5.32 Å². The Labute approximate surface area is 192 Å². The fraction of sp³-hybridized carbons (Fsp3) is 0.500. The summed E-state index contributed by atoms with van der Waals surface area (Å²) in [4.78, 5) is 15.2. The maximum atomic E-state index is 12.9. The molecule has 4 nitrogen and oxygen atoms in total. The average Bonchev–Trinajstić information content (AvgIpc) is 3.03. The number of alkyl carbamates (subject to hydrolysis) is 1. The van der Waals surface area contributed by atoms with Crippen molar-refractivity contribution >= 4 is 6.09 Å². The van der Waals surface area contributed by atoms with E-state index in [1.807, 2.05) is 18.2 Å². The minimum Gasteiger partial charge on any atom is -0.445 e. The molecule has 0 spiro atoms. The lowest BCUT2D eigenvalue weighted by atomic mass is 9.85. The highest BCUT2D eigenvalue weighted by Crippen LogP contribution is 2.46. The Balaban J connectivity index is 1.35. The summed E-state index contributed by atoms with van der Waals surface area (Å²) in [6.45, 7) is 7.21. The van der Waals surface area contributed by atoms with Crippen LogP contribution in [0.1, 0.15) is 49.4 Å². The summed E-state index contributed by atoms with van der Waals surface area (Å²) >= 11 is 0. The second kappa shape index (κ2) is 8.05. The van der Waals surface area contributed by atoms with Gasteiger partial charge in [0.2, 0.25) is 0 Å². The molecule has 33 heavy (non-hydrogen) atoms. The molecule has 0 aromatic heterocycles. The number of benzene rings is 2. The summed E-state index contributed by atoms with van der Waals surface area (Å²) in [7, 11) is 0. The standard InChI is InChI=1S/C26H29F3N2O2/c1-25(2)14-19-4-3-18(16-5-7-20(8-6-16)26(27,28)29)13-21(19)23(25)30-24(32)33-22-15-31-11-9-17(22)10-12-31/h3-8,13,17,22-23H,9-12,14-15H2,1-2H3,(H,30,32)/t22-,23?/m0/s1. The van der Waals surface area contributed by atoms with Gasteiger partial charge < -0.3 is 10.1 Å². The first-order valence-corrected chi connectivity index (χ1v) is 11.6. The first kappa shape index (κ1) is 22.3. The normalized spacial score (nSPS) is 27.8. The summed E-state index contributed by atoms with van der Waals surface area (Å²) in [5.41, 5.74) is 2.83. The second-order valence-electron chi connectivity index (χ2n) is 10.3. The van der Waals surface area contributed by atoms with Crippen molar-refractivity contribution in [2.45, 2.75) is 51.4 Å². The van der Waals surface area contributed by atoms with E-state index >= 15 is 0 Å². The van der Waals surface area contributed by atoms with E-state index in [1.165, 1.54) is 12.1 Å². The predicted molar refractivity (Wildman–Crippen MR) is 120 cm³/mol. The maximum absolute atomic E-state index is 12.9. The number of ether oxygens (including phenoxy) is 1. The fourth-order valence-corrected chi connectivity index (χ4v) is 5.68. The molecule has 0 radical (unpaired) electrons. The summed E-state index contributed by atoms with van der Waals surface area (Å²) < 4.78 is 44.6. The van der Waals surface area contributed by atoms with Crippen LogP contribution in [0.15, 0.2) is 42.5 Å². The molecule has 1 N–H and O–H groups in total. The van der Waals surface area contributed by atoms with Crippen molar-refractivity contribution in [3.63, 3.8) is 0 Å². The lowest BCUT2D eigenvalue weighted by molar-refractivity contribution is -0.137. The highest BCUT2D eigenvalue weighted by molar-refractivity contribution is 5.70. The van der Waals surface area contributed by atoms with Gasteiger partial charge in [0.25, 0.3) is 0 Å². The monoisotopic (exact) mass is 458 g/mol. The SMILES string of the molecule is CC1(C)Cc2ccc(-c3ccc(C(F)(F)F)cc3)cc2C1NC(=O)O[C@H]1CN2CCC1CC2. The third kappa shape index (κ3) is 4.35. The van der Waals surface area contributed by atoms with Crippen molar-refractivity contribution in [2.24, 2.45) is 11.3 Å².